The zero-order valence-electron chi connectivity index (χ0n) is 12.4. The van der Waals surface area contributed by atoms with E-state index in [1.54, 1.807) is 6.92 Å². The lowest BCUT2D eigenvalue weighted by molar-refractivity contribution is -0.138. The largest absolute Gasteiger partial charge is 0.480 e. The highest BCUT2D eigenvalue weighted by Gasteiger charge is 2.13. The van der Waals surface area contributed by atoms with E-state index in [1.807, 2.05) is 0 Å². The number of carbonyl (C=O) groups is 1. The molecule has 2 rings (SSSR count). The summed E-state index contributed by atoms with van der Waals surface area (Å²) >= 11 is 0. The van der Waals surface area contributed by atoms with Crippen LogP contribution in [0.15, 0.2) is 23.0 Å². The Kier molecular flexibility index (Phi) is 5.15. The Morgan fingerprint density at radius 1 is 1.30 bits per heavy atom. The number of aliphatic carboxylic acids is 1. The highest BCUT2D eigenvalue weighted by atomic mass is 19.1. The first kappa shape index (κ1) is 16.7. The fourth-order valence-corrected chi connectivity index (χ4v) is 2.12. The molecule has 1 aromatic heterocycles. The molecule has 1 N–H and O–H groups in total. The Morgan fingerprint density at radius 3 is 2.65 bits per heavy atom. The molecule has 0 saturated carbocycles. The van der Waals surface area contributed by atoms with Crippen molar-refractivity contribution in [2.24, 2.45) is 0 Å². The summed E-state index contributed by atoms with van der Waals surface area (Å²) in [6.45, 7) is 1.27. The lowest BCUT2D eigenvalue weighted by Crippen LogP contribution is -2.27. The van der Waals surface area contributed by atoms with E-state index in [0.29, 0.717) is 6.42 Å². The minimum atomic E-state index is -1.13. The Hall–Kier alpha value is -2.64. The van der Waals surface area contributed by atoms with Crippen LogP contribution in [0.2, 0.25) is 0 Å². The van der Waals surface area contributed by atoms with E-state index in [4.69, 9.17) is 5.11 Å². The van der Waals surface area contributed by atoms with E-state index in [1.165, 1.54) is 6.07 Å². The van der Waals surface area contributed by atoms with Gasteiger partial charge in [0.25, 0.3) is 5.56 Å². The molecular weight excluding hydrogens is 308 g/mol. The molecule has 0 fully saturated rings. The van der Waals surface area contributed by atoms with Crippen LogP contribution >= 0.6 is 0 Å². The van der Waals surface area contributed by atoms with Crippen LogP contribution in [0.4, 0.5) is 8.78 Å². The third kappa shape index (κ3) is 4.18. The Balaban J connectivity index is 2.28. The van der Waals surface area contributed by atoms with Crippen molar-refractivity contribution in [2.75, 3.05) is 0 Å². The van der Waals surface area contributed by atoms with Crippen molar-refractivity contribution in [2.45, 2.75) is 32.7 Å². The number of aromatic nitrogens is 3. The summed E-state index contributed by atoms with van der Waals surface area (Å²) in [4.78, 5) is 26.5. The van der Waals surface area contributed by atoms with Gasteiger partial charge in [0, 0.05) is 12.5 Å². The molecular formula is C15H15F2N3O3. The second-order valence-electron chi connectivity index (χ2n) is 4.92. The third-order valence-corrected chi connectivity index (χ3v) is 3.27. The summed E-state index contributed by atoms with van der Waals surface area (Å²) in [5.41, 5.74) is -0.103. The molecule has 0 amide bonds. The normalized spacial score (nSPS) is 10.7. The molecule has 0 unspecified atom stereocenters. The molecule has 0 spiro atoms. The first-order chi connectivity index (χ1) is 10.9. The second kappa shape index (κ2) is 7.08. The Labute approximate surface area is 130 Å². The van der Waals surface area contributed by atoms with Gasteiger partial charge in [-0.25, -0.2) is 13.5 Å². The molecule has 2 aromatic rings. The van der Waals surface area contributed by atoms with Crippen LogP contribution in [0.1, 0.15) is 24.0 Å². The standard InChI is InChI=1S/C15H15F2N3O3/c1-2-12-15(23)18-13(20(19-12)8-14(21)22)6-4-9-3-5-10(16)7-11(9)17/h3,5,7H,2,4,6,8H2,1H3,(H,21,22). The molecule has 0 aliphatic heterocycles. The lowest BCUT2D eigenvalue weighted by Gasteiger charge is -2.10. The smallest absolute Gasteiger partial charge is 0.325 e. The predicted octanol–water partition coefficient (Wildman–Crippen LogP) is 1.35. The monoisotopic (exact) mass is 323 g/mol. The van der Waals surface area contributed by atoms with E-state index < -0.39 is 29.7 Å². The molecule has 8 heteroatoms. The van der Waals surface area contributed by atoms with E-state index in [0.717, 1.165) is 16.8 Å². The fourth-order valence-electron chi connectivity index (χ4n) is 2.12. The van der Waals surface area contributed by atoms with Crippen molar-refractivity contribution in [3.8, 4) is 0 Å². The lowest BCUT2D eigenvalue weighted by atomic mass is 10.1. The van der Waals surface area contributed by atoms with Crippen LogP contribution in [0, 0.1) is 11.6 Å². The molecule has 0 radical (unpaired) electrons. The van der Waals surface area contributed by atoms with Crippen molar-refractivity contribution in [1.82, 2.24) is 14.8 Å². The van der Waals surface area contributed by atoms with Crippen LogP contribution < -0.4 is 5.56 Å². The number of halogens is 2. The van der Waals surface area contributed by atoms with Crippen molar-refractivity contribution in [1.29, 1.82) is 0 Å². The van der Waals surface area contributed by atoms with Crippen LogP contribution in [0.25, 0.3) is 0 Å². The maximum absolute atomic E-state index is 13.6. The number of hydrogen-bond donors (Lipinski definition) is 1. The van der Waals surface area contributed by atoms with Gasteiger partial charge in [0.2, 0.25) is 0 Å². The maximum Gasteiger partial charge on any atom is 0.325 e. The minimum absolute atomic E-state index is 0.113. The molecule has 0 atom stereocenters. The Morgan fingerprint density at radius 2 is 2.04 bits per heavy atom. The second-order valence-corrected chi connectivity index (χ2v) is 4.92. The number of hydrogen-bond acceptors (Lipinski definition) is 4. The zero-order chi connectivity index (χ0) is 17.0. The molecule has 1 heterocycles. The summed E-state index contributed by atoms with van der Waals surface area (Å²) in [6.07, 6.45) is 0.589. The van der Waals surface area contributed by atoms with Crippen LogP contribution in [-0.4, -0.2) is 25.8 Å². The maximum atomic E-state index is 13.6. The number of nitrogens with zero attached hydrogens (tertiary/aromatic N) is 3. The molecule has 0 saturated heterocycles. The molecule has 6 nitrogen and oxygen atoms in total. The van der Waals surface area contributed by atoms with Crippen LogP contribution in [0.3, 0.4) is 0 Å². The topological polar surface area (TPSA) is 85.1 Å². The van der Waals surface area contributed by atoms with Gasteiger partial charge in [-0.1, -0.05) is 13.0 Å². The van der Waals surface area contributed by atoms with Crippen molar-refractivity contribution >= 4 is 5.97 Å². The molecule has 0 bridgehead atoms. The van der Waals surface area contributed by atoms with Gasteiger partial charge < -0.3 is 5.11 Å². The first-order valence-electron chi connectivity index (χ1n) is 7.03. The molecule has 23 heavy (non-hydrogen) atoms. The highest BCUT2D eigenvalue weighted by Crippen LogP contribution is 2.12. The molecule has 0 aliphatic carbocycles. The summed E-state index contributed by atoms with van der Waals surface area (Å²) in [5.74, 6) is -2.35. The number of benzene rings is 1. The quantitative estimate of drug-likeness (QED) is 0.867. The molecule has 122 valence electrons. The van der Waals surface area contributed by atoms with Crippen LogP contribution in [0.5, 0.6) is 0 Å². The van der Waals surface area contributed by atoms with Gasteiger partial charge in [-0.2, -0.15) is 10.1 Å². The SMILES string of the molecule is CCc1nn(CC(=O)O)c(CCc2ccc(F)cc2F)nc1=O. The number of carboxylic acids is 1. The summed E-state index contributed by atoms with van der Waals surface area (Å²) < 4.78 is 27.6. The van der Waals surface area contributed by atoms with Crippen molar-refractivity contribution < 1.29 is 18.7 Å². The van der Waals surface area contributed by atoms with Gasteiger partial charge in [-0.3, -0.25) is 9.59 Å². The molecule has 1 aromatic carbocycles. The third-order valence-electron chi connectivity index (χ3n) is 3.27. The number of aryl methyl sites for hydroxylation is 3. The predicted molar refractivity (Wildman–Crippen MR) is 77.1 cm³/mol. The first-order valence-corrected chi connectivity index (χ1v) is 7.03. The van der Waals surface area contributed by atoms with Crippen molar-refractivity contribution in [3.63, 3.8) is 0 Å². The summed E-state index contributed by atoms with van der Waals surface area (Å²) in [7, 11) is 0. The average Bonchev–Trinajstić information content (AvgIpc) is 2.48. The van der Waals surface area contributed by atoms with Gasteiger partial charge in [-0.15, -0.1) is 0 Å². The molecule has 0 aliphatic rings. The zero-order valence-corrected chi connectivity index (χ0v) is 12.4. The Bertz CT molecular complexity index is 790. The summed E-state index contributed by atoms with van der Waals surface area (Å²) in [5, 5.41) is 12.9. The minimum Gasteiger partial charge on any atom is -0.480 e. The van der Waals surface area contributed by atoms with Gasteiger partial charge in [-0.05, 0) is 24.5 Å². The highest BCUT2D eigenvalue weighted by molar-refractivity contribution is 5.66. The van der Waals surface area contributed by atoms with E-state index in [-0.39, 0.29) is 29.9 Å². The van der Waals surface area contributed by atoms with Gasteiger partial charge in [0.15, 0.2) is 0 Å². The van der Waals surface area contributed by atoms with Gasteiger partial charge in [0.05, 0.1) is 0 Å². The number of carboxylic acid groups (broad SMARTS) is 1. The van der Waals surface area contributed by atoms with E-state index in [2.05, 4.69) is 10.1 Å². The summed E-state index contributed by atoms with van der Waals surface area (Å²) in [6, 6.07) is 3.21. The number of rotatable bonds is 6. The van der Waals surface area contributed by atoms with Crippen molar-refractivity contribution in [3.05, 3.63) is 57.3 Å². The van der Waals surface area contributed by atoms with E-state index >= 15 is 0 Å². The van der Waals surface area contributed by atoms with Gasteiger partial charge >= 0.3 is 5.97 Å². The fraction of sp³-hybridized carbons (Fsp3) is 0.333. The average molecular weight is 323 g/mol. The van der Waals surface area contributed by atoms with Gasteiger partial charge in [0.1, 0.15) is 29.7 Å². The van der Waals surface area contributed by atoms with Crippen LogP contribution in [-0.2, 0) is 30.6 Å². The van der Waals surface area contributed by atoms with E-state index in [9.17, 15) is 18.4 Å².